The fraction of sp³-hybridized carbons (Fsp3) is 0. The first-order chi connectivity index (χ1) is 27.6. The number of anilines is 9. The molecule has 8 aromatic carbocycles. The zero-order valence-electron chi connectivity index (χ0n) is 29.9. The second kappa shape index (κ2) is 12.1. The molecule has 0 spiro atoms. The second-order valence-electron chi connectivity index (χ2n) is 14.7. The van der Waals surface area contributed by atoms with Crippen LogP contribution in [0.15, 0.2) is 176 Å². The van der Waals surface area contributed by atoms with E-state index in [1.165, 1.54) is 21.9 Å². The van der Waals surface area contributed by atoms with Gasteiger partial charge >= 0.3 is 0 Å². The van der Waals surface area contributed by atoms with Crippen molar-refractivity contribution in [2.75, 3.05) is 14.7 Å². The molecule has 0 saturated carbocycles. The zero-order chi connectivity index (χ0) is 37.1. The van der Waals surface area contributed by atoms with Crippen molar-refractivity contribution < 1.29 is 4.74 Å². The third-order valence-electron chi connectivity index (χ3n) is 11.7. The highest BCUT2D eigenvalue weighted by Gasteiger charge is 2.47. The van der Waals surface area contributed by atoms with Crippen molar-refractivity contribution in [3.05, 3.63) is 186 Å². The standard InChI is InChI=1S/C48H29B2Cl2N3O/c51-30-24-42-47-43(25-30)55(34-18-8-3-9-19-34)41-29-45-38(28-37(41)49(47)35-20-10-12-22-39(35)53(42)32-14-4-1-5-15-32)50-36-21-11-13-23-40(36)54(33-16-6-2-7-17-33)44-26-31(52)27-46(56-45)48(44)50/h1-29H. The van der Waals surface area contributed by atoms with Crippen molar-refractivity contribution in [3.8, 4) is 11.5 Å². The van der Waals surface area contributed by atoms with Crippen LogP contribution >= 0.6 is 23.2 Å². The van der Waals surface area contributed by atoms with Gasteiger partial charge in [0.05, 0.1) is 0 Å². The van der Waals surface area contributed by atoms with Gasteiger partial charge in [0.2, 0.25) is 0 Å². The summed E-state index contributed by atoms with van der Waals surface area (Å²) in [5, 5.41) is 1.30. The van der Waals surface area contributed by atoms with Gasteiger partial charge in [0, 0.05) is 67.3 Å². The topological polar surface area (TPSA) is 19.0 Å². The number of halogens is 2. The van der Waals surface area contributed by atoms with Gasteiger partial charge in [-0.15, -0.1) is 0 Å². The Balaban J connectivity index is 1.16. The third-order valence-corrected chi connectivity index (χ3v) is 12.2. The molecule has 8 aromatic rings. The van der Waals surface area contributed by atoms with Crippen molar-refractivity contribution >= 4 is 121 Å². The molecule has 0 aliphatic carbocycles. The molecule has 4 nitrogen and oxygen atoms in total. The van der Waals surface area contributed by atoms with E-state index in [9.17, 15) is 0 Å². The van der Waals surface area contributed by atoms with Gasteiger partial charge in [-0.05, 0) is 106 Å². The normalized spacial score (nSPS) is 13.9. The van der Waals surface area contributed by atoms with Crippen LogP contribution in [0.1, 0.15) is 0 Å². The third kappa shape index (κ3) is 4.51. The van der Waals surface area contributed by atoms with Crippen molar-refractivity contribution in [2.24, 2.45) is 0 Å². The molecule has 0 fully saturated rings. The average molecular weight is 756 g/mol. The Hall–Kier alpha value is -6.33. The van der Waals surface area contributed by atoms with Gasteiger partial charge in [0.25, 0.3) is 13.4 Å². The first-order valence-corrected chi connectivity index (χ1v) is 19.6. The molecule has 12 rings (SSSR count). The quantitative estimate of drug-likeness (QED) is 0.167. The van der Waals surface area contributed by atoms with Gasteiger partial charge in [-0.2, -0.15) is 0 Å². The molecule has 4 aliphatic rings. The molecule has 262 valence electrons. The van der Waals surface area contributed by atoms with E-state index < -0.39 is 0 Å². The predicted octanol–water partition coefficient (Wildman–Crippen LogP) is 9.48. The van der Waals surface area contributed by atoms with Crippen molar-refractivity contribution in [2.45, 2.75) is 0 Å². The first-order valence-electron chi connectivity index (χ1n) is 18.9. The van der Waals surface area contributed by atoms with E-state index >= 15 is 0 Å². The summed E-state index contributed by atoms with van der Waals surface area (Å²) in [6, 6.07) is 62.3. The summed E-state index contributed by atoms with van der Waals surface area (Å²) in [6.07, 6.45) is 0. The molecule has 4 heterocycles. The molecule has 0 aromatic heterocycles. The molecular formula is C48H29B2Cl2N3O. The summed E-state index contributed by atoms with van der Waals surface area (Å²) in [5.41, 5.74) is 16.8. The number of fused-ring (bicyclic) bond motifs is 8. The lowest BCUT2D eigenvalue weighted by Crippen LogP contribution is -2.64. The zero-order valence-corrected chi connectivity index (χ0v) is 31.4. The number of nitrogens with zero attached hydrogens (tertiary/aromatic N) is 3. The van der Waals surface area contributed by atoms with Crippen molar-refractivity contribution in [1.29, 1.82) is 0 Å². The summed E-state index contributed by atoms with van der Waals surface area (Å²) in [5.74, 6) is 1.59. The van der Waals surface area contributed by atoms with E-state index in [1.807, 2.05) is 6.07 Å². The van der Waals surface area contributed by atoms with E-state index in [-0.39, 0.29) is 13.4 Å². The van der Waals surface area contributed by atoms with E-state index in [4.69, 9.17) is 27.9 Å². The number of benzene rings is 8. The fourth-order valence-corrected chi connectivity index (χ4v) is 10.0. The van der Waals surface area contributed by atoms with Gasteiger partial charge < -0.3 is 19.4 Å². The Kier molecular flexibility index (Phi) is 6.90. The van der Waals surface area contributed by atoms with E-state index in [1.54, 1.807) is 0 Å². The van der Waals surface area contributed by atoms with Gasteiger partial charge in [-0.3, -0.25) is 0 Å². The Morgan fingerprint density at radius 2 is 0.768 bits per heavy atom. The molecule has 8 heteroatoms. The predicted molar refractivity (Wildman–Crippen MR) is 236 cm³/mol. The van der Waals surface area contributed by atoms with Crippen LogP contribution in [0.2, 0.25) is 10.0 Å². The largest absolute Gasteiger partial charge is 0.458 e. The highest BCUT2D eigenvalue weighted by atomic mass is 35.5. The molecule has 0 amide bonds. The molecule has 0 N–H and O–H groups in total. The summed E-state index contributed by atoms with van der Waals surface area (Å²) < 4.78 is 7.05. The number of rotatable bonds is 3. The Morgan fingerprint density at radius 3 is 1.30 bits per heavy atom. The lowest BCUT2D eigenvalue weighted by molar-refractivity contribution is 0.488. The van der Waals surface area contributed by atoms with Gasteiger partial charge in [0.15, 0.2) is 0 Å². The van der Waals surface area contributed by atoms with Crippen LogP contribution in [-0.4, -0.2) is 13.4 Å². The van der Waals surface area contributed by atoms with Crippen LogP contribution in [0.25, 0.3) is 0 Å². The maximum atomic E-state index is 7.15. The molecule has 0 unspecified atom stereocenters. The second-order valence-corrected chi connectivity index (χ2v) is 15.6. The summed E-state index contributed by atoms with van der Waals surface area (Å²) in [6.45, 7) is -0.155. The maximum Gasteiger partial charge on any atom is 0.256 e. The first kappa shape index (κ1) is 32.0. The van der Waals surface area contributed by atoms with Crippen molar-refractivity contribution in [3.63, 3.8) is 0 Å². The monoisotopic (exact) mass is 755 g/mol. The molecule has 0 atom stereocenters. The van der Waals surface area contributed by atoms with Crippen molar-refractivity contribution in [1.82, 2.24) is 0 Å². The Bertz CT molecular complexity index is 2910. The van der Waals surface area contributed by atoms with Gasteiger partial charge in [0.1, 0.15) is 11.5 Å². The maximum absolute atomic E-state index is 7.15. The van der Waals surface area contributed by atoms with Crippen LogP contribution in [0.4, 0.5) is 51.2 Å². The minimum absolute atomic E-state index is 0.0700. The summed E-state index contributed by atoms with van der Waals surface area (Å²) in [7, 11) is 0. The number of hydrogen-bond donors (Lipinski definition) is 0. The van der Waals surface area contributed by atoms with Crippen LogP contribution in [0, 0.1) is 0 Å². The average Bonchev–Trinajstić information content (AvgIpc) is 3.23. The van der Waals surface area contributed by atoms with Crippen LogP contribution in [0.5, 0.6) is 11.5 Å². The lowest BCUT2D eigenvalue weighted by atomic mass is 9.30. The molecule has 0 radical (unpaired) electrons. The van der Waals surface area contributed by atoms with Gasteiger partial charge in [-0.1, -0.05) is 120 Å². The van der Waals surface area contributed by atoms with E-state index in [0.29, 0.717) is 10.0 Å². The number of hydrogen-bond acceptors (Lipinski definition) is 4. The number of ether oxygens (including phenoxy) is 1. The van der Waals surface area contributed by atoms with E-state index in [2.05, 4.69) is 185 Å². The summed E-state index contributed by atoms with van der Waals surface area (Å²) in [4.78, 5) is 7.05. The fourth-order valence-electron chi connectivity index (χ4n) is 9.64. The molecular weight excluding hydrogens is 727 g/mol. The molecule has 56 heavy (non-hydrogen) atoms. The van der Waals surface area contributed by atoms with Crippen LogP contribution in [0.3, 0.4) is 0 Å². The van der Waals surface area contributed by atoms with E-state index in [0.717, 1.165) is 73.6 Å². The summed E-state index contributed by atoms with van der Waals surface area (Å²) >= 11 is 14.1. The highest BCUT2D eigenvalue weighted by molar-refractivity contribution is 7.02. The Morgan fingerprint density at radius 1 is 0.339 bits per heavy atom. The van der Waals surface area contributed by atoms with Crippen LogP contribution in [-0.2, 0) is 0 Å². The molecule has 0 saturated heterocycles. The highest BCUT2D eigenvalue weighted by Crippen LogP contribution is 2.47. The van der Waals surface area contributed by atoms with Gasteiger partial charge in [-0.25, -0.2) is 0 Å². The smallest absolute Gasteiger partial charge is 0.256 e. The SMILES string of the molecule is Clc1cc2c3c(c1)N(c1ccccc1)c1ccccc1B3c1cc3c(cc1O2)N(c1ccccc1)c1cc(Cl)cc2c1B3c1ccccc1N2c1ccccc1. The Labute approximate surface area is 335 Å². The van der Waals surface area contributed by atoms with Crippen LogP contribution < -0.4 is 52.2 Å². The number of para-hydroxylation sites is 5. The molecule has 0 bridgehead atoms. The minimum atomic E-state index is -0.0848. The lowest BCUT2D eigenvalue weighted by Gasteiger charge is -2.45. The molecule has 4 aliphatic heterocycles. The minimum Gasteiger partial charge on any atom is -0.458 e.